The average Bonchev–Trinajstić information content (AvgIpc) is 3.69. The highest BCUT2D eigenvalue weighted by Gasteiger charge is 2.72. The van der Waals surface area contributed by atoms with E-state index in [9.17, 15) is 14.4 Å². The number of fused-ring (bicyclic) bond motifs is 5. The molecule has 0 bridgehead atoms. The maximum Gasteiger partial charge on any atom is 0.195 e. The summed E-state index contributed by atoms with van der Waals surface area (Å²) in [7, 11) is 0. The zero-order chi connectivity index (χ0) is 23.7. The van der Waals surface area contributed by atoms with Crippen molar-refractivity contribution in [2.24, 2.45) is 5.41 Å². The molecule has 0 amide bonds. The van der Waals surface area contributed by atoms with Crippen LogP contribution in [0.4, 0.5) is 5.69 Å². The summed E-state index contributed by atoms with van der Waals surface area (Å²) < 4.78 is 5.89. The van der Waals surface area contributed by atoms with Crippen molar-refractivity contribution in [3.8, 4) is 0 Å². The molecule has 4 heterocycles. The molecule has 2 aliphatic heterocycles. The van der Waals surface area contributed by atoms with E-state index in [1.807, 2.05) is 52.8 Å². The number of rotatable bonds is 3. The molecule has 2 aromatic heterocycles. The number of benzene rings is 2. The number of para-hydroxylation sites is 1. The second-order valence-electron chi connectivity index (χ2n) is 9.12. The van der Waals surface area contributed by atoms with E-state index in [-0.39, 0.29) is 17.3 Å². The van der Waals surface area contributed by atoms with Crippen LogP contribution in [0.15, 0.2) is 94.9 Å². The van der Waals surface area contributed by atoms with E-state index in [0.29, 0.717) is 21.8 Å². The van der Waals surface area contributed by atoms with Gasteiger partial charge < -0.3 is 9.32 Å². The molecule has 1 saturated heterocycles. The van der Waals surface area contributed by atoms with Crippen molar-refractivity contribution in [3.05, 3.63) is 118 Å². The molecule has 1 aliphatic carbocycles. The van der Waals surface area contributed by atoms with Crippen molar-refractivity contribution < 1.29 is 18.8 Å². The summed E-state index contributed by atoms with van der Waals surface area (Å²) in [6.45, 7) is 0. The first-order chi connectivity index (χ1) is 17.1. The third-order valence-corrected chi connectivity index (χ3v) is 8.48. The largest absolute Gasteiger partial charge is 0.469 e. The molecule has 5 nitrogen and oxygen atoms in total. The Bertz CT molecular complexity index is 1500. The summed E-state index contributed by atoms with van der Waals surface area (Å²) in [6.07, 6.45) is 5.41. The first-order valence-corrected chi connectivity index (χ1v) is 12.4. The Hall–Kier alpha value is -4.03. The Balaban J connectivity index is 1.55. The monoisotopic (exact) mass is 477 g/mol. The van der Waals surface area contributed by atoms with Crippen molar-refractivity contribution in [2.75, 3.05) is 4.90 Å². The SMILES string of the molecule is O=C(c1cccs1)[C@H]1[C@H](c2ccco2)C2(C(=O)c3ccccc3C2=O)[C@H]2C=Cc3ccccc3N12. The molecule has 4 aromatic rings. The van der Waals surface area contributed by atoms with Crippen LogP contribution >= 0.6 is 11.3 Å². The number of nitrogens with zero attached hydrogens (tertiary/aromatic N) is 1. The molecule has 7 rings (SSSR count). The van der Waals surface area contributed by atoms with Crippen molar-refractivity contribution in [3.63, 3.8) is 0 Å². The predicted octanol–water partition coefficient (Wildman–Crippen LogP) is 5.66. The van der Waals surface area contributed by atoms with Crippen molar-refractivity contribution in [1.29, 1.82) is 0 Å². The maximum absolute atomic E-state index is 14.3. The predicted molar refractivity (Wildman–Crippen MR) is 133 cm³/mol. The van der Waals surface area contributed by atoms with E-state index in [1.165, 1.54) is 17.6 Å². The highest BCUT2D eigenvalue weighted by Crippen LogP contribution is 2.61. The molecule has 170 valence electrons. The number of Topliss-reactive ketones (excluding diaryl/α,β-unsaturated/α-hetero) is 3. The van der Waals surface area contributed by atoms with E-state index in [1.54, 1.807) is 42.5 Å². The van der Waals surface area contributed by atoms with Gasteiger partial charge in [0.25, 0.3) is 0 Å². The summed E-state index contributed by atoms with van der Waals surface area (Å²) in [6, 6.07) is 20.5. The van der Waals surface area contributed by atoms with Crippen LogP contribution in [-0.4, -0.2) is 29.4 Å². The molecule has 1 spiro atoms. The lowest BCUT2D eigenvalue weighted by Gasteiger charge is -2.37. The van der Waals surface area contributed by atoms with Crippen molar-refractivity contribution in [2.45, 2.75) is 18.0 Å². The topological polar surface area (TPSA) is 67.6 Å². The Morgan fingerprint density at radius 1 is 0.886 bits per heavy atom. The highest BCUT2D eigenvalue weighted by molar-refractivity contribution is 7.12. The van der Waals surface area contributed by atoms with E-state index < -0.39 is 23.4 Å². The van der Waals surface area contributed by atoms with Crippen LogP contribution < -0.4 is 4.90 Å². The maximum atomic E-state index is 14.3. The van der Waals surface area contributed by atoms with Gasteiger partial charge >= 0.3 is 0 Å². The molecule has 3 aliphatic rings. The van der Waals surface area contributed by atoms with Crippen LogP contribution in [-0.2, 0) is 0 Å². The van der Waals surface area contributed by atoms with Crippen molar-refractivity contribution >= 4 is 40.4 Å². The van der Waals surface area contributed by atoms with Gasteiger partial charge in [0, 0.05) is 16.8 Å². The number of ketones is 3. The van der Waals surface area contributed by atoms with Crippen LogP contribution in [0, 0.1) is 5.41 Å². The minimum Gasteiger partial charge on any atom is -0.469 e. The van der Waals surface area contributed by atoms with Crippen LogP contribution in [0.3, 0.4) is 0 Å². The number of anilines is 1. The highest BCUT2D eigenvalue weighted by atomic mass is 32.1. The molecule has 6 heteroatoms. The minimum absolute atomic E-state index is 0.120. The molecule has 3 atom stereocenters. The third-order valence-electron chi connectivity index (χ3n) is 7.60. The van der Waals surface area contributed by atoms with Gasteiger partial charge in [-0.25, -0.2) is 0 Å². The van der Waals surface area contributed by atoms with Gasteiger partial charge in [0.2, 0.25) is 0 Å². The fraction of sp³-hybridized carbons (Fsp3) is 0.138. The standard InChI is InChI=1S/C29H19NO4S/c31-26(22-12-6-16-35-22)25-24(21-11-5-15-34-21)29(27(32)18-8-2-3-9-19(18)28(29)33)23-14-13-17-7-1-4-10-20(17)30(23)25/h1-16,23-25H/t23-,24+,25-/m1/s1. The molecule has 0 saturated carbocycles. The number of hydrogen-bond acceptors (Lipinski definition) is 6. The molecule has 35 heavy (non-hydrogen) atoms. The second-order valence-corrected chi connectivity index (χ2v) is 10.1. The normalized spacial score (nSPS) is 23.4. The lowest BCUT2D eigenvalue weighted by atomic mass is 9.66. The minimum atomic E-state index is -1.51. The molecule has 1 fully saturated rings. The smallest absolute Gasteiger partial charge is 0.195 e. The summed E-state index contributed by atoms with van der Waals surface area (Å²) in [5.41, 5.74) is 1.08. The molecular weight excluding hydrogens is 458 g/mol. The fourth-order valence-corrected chi connectivity index (χ4v) is 6.96. The summed E-state index contributed by atoms with van der Waals surface area (Å²) >= 11 is 1.36. The van der Waals surface area contributed by atoms with Gasteiger partial charge in [0.15, 0.2) is 17.3 Å². The average molecular weight is 478 g/mol. The van der Waals surface area contributed by atoms with Gasteiger partial charge in [-0.1, -0.05) is 60.7 Å². The number of thiophene rings is 1. The quantitative estimate of drug-likeness (QED) is 0.281. The molecular formula is C29H19NO4S. The van der Waals surface area contributed by atoms with Gasteiger partial charge in [0.05, 0.1) is 23.1 Å². The molecule has 0 unspecified atom stereocenters. The van der Waals surface area contributed by atoms with Gasteiger partial charge in [-0.15, -0.1) is 11.3 Å². The van der Waals surface area contributed by atoms with E-state index in [0.717, 1.165) is 11.3 Å². The lowest BCUT2D eigenvalue weighted by molar-refractivity contribution is 0.0652. The Kier molecular flexibility index (Phi) is 4.21. The van der Waals surface area contributed by atoms with E-state index >= 15 is 0 Å². The van der Waals surface area contributed by atoms with Crippen molar-refractivity contribution in [1.82, 2.24) is 0 Å². The number of carbonyl (C=O) groups is 3. The second kappa shape index (κ2) is 7.23. The lowest BCUT2D eigenvalue weighted by Crippen LogP contribution is -2.48. The van der Waals surface area contributed by atoms with Gasteiger partial charge in [-0.2, -0.15) is 0 Å². The van der Waals surface area contributed by atoms with Gasteiger partial charge in [-0.3, -0.25) is 14.4 Å². The Morgan fingerprint density at radius 2 is 1.63 bits per heavy atom. The molecule has 0 N–H and O–H groups in total. The first-order valence-electron chi connectivity index (χ1n) is 11.5. The van der Waals surface area contributed by atoms with Crippen LogP contribution in [0.25, 0.3) is 6.08 Å². The molecule has 0 radical (unpaired) electrons. The fourth-order valence-electron chi connectivity index (χ4n) is 6.26. The summed E-state index contributed by atoms with van der Waals surface area (Å²) in [5.74, 6) is -0.944. The van der Waals surface area contributed by atoms with E-state index in [4.69, 9.17) is 4.42 Å². The van der Waals surface area contributed by atoms with Gasteiger partial charge in [-0.05, 0) is 35.2 Å². The zero-order valence-corrected chi connectivity index (χ0v) is 19.3. The Morgan fingerprint density at radius 3 is 2.31 bits per heavy atom. The first kappa shape index (κ1) is 20.4. The van der Waals surface area contributed by atoms with Crippen LogP contribution in [0.1, 0.15) is 47.6 Å². The molecule has 2 aromatic carbocycles. The van der Waals surface area contributed by atoms with Crippen LogP contribution in [0.2, 0.25) is 0 Å². The van der Waals surface area contributed by atoms with Crippen LogP contribution in [0.5, 0.6) is 0 Å². The number of furan rings is 1. The van der Waals surface area contributed by atoms with E-state index in [2.05, 4.69) is 0 Å². The summed E-state index contributed by atoms with van der Waals surface area (Å²) in [5, 5.41) is 1.86. The number of hydrogen-bond donors (Lipinski definition) is 0. The third kappa shape index (κ3) is 2.49. The van der Waals surface area contributed by atoms with Gasteiger partial charge in [0.1, 0.15) is 17.2 Å². The summed E-state index contributed by atoms with van der Waals surface area (Å²) in [4.78, 5) is 45.4. The number of carbonyl (C=O) groups excluding carboxylic acids is 3. The Labute approximate surface area is 205 Å². The zero-order valence-electron chi connectivity index (χ0n) is 18.5.